The Hall–Kier alpha value is -2.55. The second-order valence-corrected chi connectivity index (χ2v) is 10.5. The second-order valence-electron chi connectivity index (χ2n) is 8.02. The summed E-state index contributed by atoms with van der Waals surface area (Å²) >= 11 is 0. The van der Waals surface area contributed by atoms with Gasteiger partial charge in [0.25, 0.3) is 7.37 Å². The number of para-hydroxylation sites is 1. The zero-order valence-electron chi connectivity index (χ0n) is 18.2. The molecule has 0 aliphatic rings. The molecule has 0 saturated heterocycles. The molecule has 158 valence electrons. The maximum Gasteiger partial charge on any atom is 0.258 e. The van der Waals surface area contributed by atoms with Crippen molar-refractivity contribution in [3.63, 3.8) is 0 Å². The summed E-state index contributed by atoms with van der Waals surface area (Å²) in [5.41, 5.74) is 2.90. The lowest BCUT2D eigenvalue weighted by Crippen LogP contribution is -2.22. The molecular formula is C25H31N2O2P. The highest BCUT2D eigenvalue weighted by Crippen LogP contribution is 2.59. The van der Waals surface area contributed by atoms with Crippen LogP contribution in [0.5, 0.6) is 0 Å². The zero-order valence-corrected chi connectivity index (χ0v) is 19.1. The predicted octanol–water partition coefficient (Wildman–Crippen LogP) is 6.14. The first-order valence-electron chi connectivity index (χ1n) is 10.3. The molecule has 3 aromatic rings. The maximum absolute atomic E-state index is 14.6. The molecule has 4 nitrogen and oxygen atoms in total. The molecule has 0 spiro atoms. The van der Waals surface area contributed by atoms with Gasteiger partial charge in [-0.2, -0.15) is 0 Å². The minimum absolute atomic E-state index is 0.271. The van der Waals surface area contributed by atoms with Gasteiger partial charge in [0, 0.05) is 30.8 Å². The largest absolute Gasteiger partial charge is 0.378 e. The zero-order chi connectivity index (χ0) is 21.6. The summed E-state index contributed by atoms with van der Waals surface area (Å²) in [6, 6.07) is 27.6. The smallest absolute Gasteiger partial charge is 0.258 e. The van der Waals surface area contributed by atoms with Gasteiger partial charge in [0.2, 0.25) is 0 Å². The van der Waals surface area contributed by atoms with Crippen LogP contribution in [0, 0.1) is 5.92 Å². The number of hydrogen-bond acceptors (Lipinski definition) is 4. The summed E-state index contributed by atoms with van der Waals surface area (Å²) in [6.45, 7) is 4.57. The molecular weight excluding hydrogens is 391 g/mol. The molecule has 30 heavy (non-hydrogen) atoms. The monoisotopic (exact) mass is 422 g/mol. The Morgan fingerprint density at radius 3 is 1.97 bits per heavy atom. The molecule has 0 aromatic heterocycles. The van der Waals surface area contributed by atoms with Crippen molar-refractivity contribution in [2.24, 2.45) is 5.92 Å². The average molecular weight is 423 g/mol. The summed E-state index contributed by atoms with van der Waals surface area (Å²) < 4.78 is 20.9. The van der Waals surface area contributed by atoms with Gasteiger partial charge < -0.3 is 14.7 Å². The van der Waals surface area contributed by atoms with Crippen LogP contribution < -0.4 is 15.5 Å². The van der Waals surface area contributed by atoms with E-state index in [4.69, 9.17) is 4.52 Å². The van der Waals surface area contributed by atoms with Crippen molar-refractivity contribution in [2.75, 3.05) is 30.9 Å². The van der Waals surface area contributed by atoms with Crippen LogP contribution in [0.1, 0.15) is 25.2 Å². The summed E-state index contributed by atoms with van der Waals surface area (Å²) in [5.74, 6) is -0.224. The average Bonchev–Trinajstić information content (AvgIpc) is 2.77. The Balaban J connectivity index is 2.09. The van der Waals surface area contributed by atoms with Crippen LogP contribution in [-0.4, -0.2) is 20.7 Å². The van der Waals surface area contributed by atoms with E-state index >= 15 is 0 Å². The molecule has 0 radical (unpaired) electrons. The Morgan fingerprint density at radius 2 is 1.43 bits per heavy atom. The van der Waals surface area contributed by atoms with Crippen molar-refractivity contribution in [3.8, 4) is 0 Å². The Bertz CT molecular complexity index is 957. The van der Waals surface area contributed by atoms with Gasteiger partial charge in [-0.1, -0.05) is 62.4 Å². The molecule has 3 rings (SSSR count). The molecule has 0 saturated carbocycles. The van der Waals surface area contributed by atoms with Crippen LogP contribution in [0.4, 0.5) is 11.4 Å². The van der Waals surface area contributed by atoms with E-state index in [0.29, 0.717) is 11.9 Å². The van der Waals surface area contributed by atoms with Gasteiger partial charge in [-0.05, 0) is 47.9 Å². The van der Waals surface area contributed by atoms with Crippen molar-refractivity contribution < 1.29 is 9.09 Å². The lowest BCUT2D eigenvalue weighted by atomic mass is 10.2. The van der Waals surface area contributed by atoms with Crippen LogP contribution in [0.2, 0.25) is 0 Å². The van der Waals surface area contributed by atoms with Gasteiger partial charge >= 0.3 is 0 Å². The van der Waals surface area contributed by atoms with E-state index in [1.807, 2.05) is 104 Å². The number of anilines is 2. The third kappa shape index (κ3) is 5.33. The first-order valence-corrected chi connectivity index (χ1v) is 12.0. The van der Waals surface area contributed by atoms with E-state index < -0.39 is 13.2 Å². The SMILES string of the molecule is CC(C)CO[P@](=O)(c1ccc(N(C)C)cc1)[C@@H](Nc1ccccc1)c1ccccc1. The summed E-state index contributed by atoms with van der Waals surface area (Å²) in [5, 5.41) is 4.21. The minimum atomic E-state index is -3.30. The fraction of sp³-hybridized carbons (Fsp3) is 0.280. The molecule has 0 heterocycles. The van der Waals surface area contributed by atoms with Crippen LogP contribution in [0.15, 0.2) is 84.9 Å². The molecule has 0 fully saturated rings. The summed E-state index contributed by atoms with van der Waals surface area (Å²) in [7, 11) is 0.684. The van der Waals surface area contributed by atoms with Gasteiger partial charge in [0.15, 0.2) is 0 Å². The number of hydrogen-bond donors (Lipinski definition) is 1. The highest BCUT2D eigenvalue weighted by Gasteiger charge is 2.38. The van der Waals surface area contributed by atoms with Gasteiger partial charge in [0.1, 0.15) is 5.78 Å². The van der Waals surface area contributed by atoms with Gasteiger partial charge in [-0.25, -0.2) is 0 Å². The Morgan fingerprint density at radius 1 is 0.867 bits per heavy atom. The van der Waals surface area contributed by atoms with Crippen molar-refractivity contribution in [2.45, 2.75) is 19.6 Å². The lowest BCUT2D eigenvalue weighted by molar-refractivity contribution is 0.272. The van der Waals surface area contributed by atoms with Crippen LogP contribution in [0.3, 0.4) is 0 Å². The van der Waals surface area contributed by atoms with Gasteiger partial charge in [-0.3, -0.25) is 4.57 Å². The van der Waals surface area contributed by atoms with Crippen molar-refractivity contribution in [3.05, 3.63) is 90.5 Å². The molecule has 1 N–H and O–H groups in total. The fourth-order valence-corrected chi connectivity index (χ4v) is 5.77. The molecule has 0 aliphatic heterocycles. The first kappa shape index (κ1) is 22.1. The molecule has 0 bridgehead atoms. The third-order valence-corrected chi connectivity index (χ3v) is 7.52. The molecule has 0 amide bonds. The molecule has 2 atom stereocenters. The minimum Gasteiger partial charge on any atom is -0.378 e. The molecule has 5 heteroatoms. The van der Waals surface area contributed by atoms with Crippen LogP contribution in [-0.2, 0) is 9.09 Å². The molecule has 3 aromatic carbocycles. The standard InChI is InChI=1S/C25H31N2O2P/c1-20(2)19-29-30(28,24-17-15-23(16-18-24)27(3)4)25(21-11-7-5-8-12-21)26-22-13-9-6-10-14-22/h5-18,20,25-26H,19H2,1-4H3/t25-,30-/m1/s1. The van der Waals surface area contributed by atoms with Crippen molar-refractivity contribution >= 4 is 24.0 Å². The lowest BCUT2D eigenvalue weighted by Gasteiger charge is -2.30. The highest BCUT2D eigenvalue weighted by atomic mass is 31.2. The fourth-order valence-electron chi connectivity index (χ4n) is 3.21. The van der Waals surface area contributed by atoms with Gasteiger partial charge in [-0.15, -0.1) is 0 Å². The first-order chi connectivity index (χ1) is 14.4. The second kappa shape index (κ2) is 9.97. The quantitative estimate of drug-likeness (QED) is 0.421. The normalized spacial score (nSPS) is 14.2. The van der Waals surface area contributed by atoms with E-state index in [1.54, 1.807) is 0 Å². The summed E-state index contributed by atoms with van der Waals surface area (Å²) in [4.78, 5) is 2.03. The van der Waals surface area contributed by atoms with Crippen molar-refractivity contribution in [1.29, 1.82) is 0 Å². The van der Waals surface area contributed by atoms with E-state index in [-0.39, 0.29) is 5.92 Å². The number of nitrogens with zero attached hydrogens (tertiary/aromatic N) is 1. The molecule has 0 unspecified atom stereocenters. The topological polar surface area (TPSA) is 41.6 Å². The predicted molar refractivity (Wildman–Crippen MR) is 128 cm³/mol. The Kier molecular flexibility index (Phi) is 7.36. The molecule has 0 aliphatic carbocycles. The van der Waals surface area contributed by atoms with E-state index in [2.05, 4.69) is 19.2 Å². The van der Waals surface area contributed by atoms with Crippen LogP contribution in [0.25, 0.3) is 0 Å². The number of benzene rings is 3. The highest BCUT2D eigenvalue weighted by molar-refractivity contribution is 7.67. The number of rotatable bonds is 9. The van der Waals surface area contributed by atoms with E-state index in [1.165, 1.54) is 0 Å². The third-order valence-electron chi connectivity index (χ3n) is 4.86. The van der Waals surface area contributed by atoms with Gasteiger partial charge in [0.05, 0.1) is 6.61 Å². The maximum atomic E-state index is 14.6. The van der Waals surface area contributed by atoms with E-state index in [9.17, 15) is 4.57 Å². The number of nitrogens with one attached hydrogen (secondary N) is 1. The van der Waals surface area contributed by atoms with E-state index in [0.717, 1.165) is 16.9 Å². The summed E-state index contributed by atoms with van der Waals surface area (Å²) in [6.07, 6.45) is 0. The Labute approximate surface area is 180 Å². The van der Waals surface area contributed by atoms with Crippen molar-refractivity contribution in [1.82, 2.24) is 0 Å². The van der Waals surface area contributed by atoms with Crippen LogP contribution >= 0.6 is 7.37 Å².